The van der Waals surface area contributed by atoms with Gasteiger partial charge in [0.25, 0.3) is 0 Å². The molecular formula is C32H55NO3. The van der Waals surface area contributed by atoms with Crippen molar-refractivity contribution in [3.05, 3.63) is 11.6 Å². The van der Waals surface area contributed by atoms with Crippen LogP contribution in [0.2, 0.25) is 0 Å². The summed E-state index contributed by atoms with van der Waals surface area (Å²) in [6.45, 7) is 13.9. The fraction of sp³-hybridized carbons (Fsp3) is 0.906. The van der Waals surface area contributed by atoms with Gasteiger partial charge in [0, 0.05) is 12.5 Å². The maximum absolute atomic E-state index is 12.9. The largest absolute Gasteiger partial charge is 0.394 e. The average Bonchev–Trinajstić information content (AvgIpc) is 3.20. The van der Waals surface area contributed by atoms with Crippen molar-refractivity contribution in [3.8, 4) is 0 Å². The Hall–Kier alpha value is -0.870. The maximum Gasteiger partial charge on any atom is 0.223 e. The van der Waals surface area contributed by atoms with Crippen molar-refractivity contribution >= 4 is 5.91 Å². The van der Waals surface area contributed by atoms with Gasteiger partial charge < -0.3 is 15.2 Å². The summed E-state index contributed by atoms with van der Waals surface area (Å²) in [4.78, 5) is 12.9. The highest BCUT2D eigenvalue weighted by Crippen LogP contribution is 2.67. The Morgan fingerprint density at radius 1 is 1.08 bits per heavy atom. The first kappa shape index (κ1) is 28.1. The summed E-state index contributed by atoms with van der Waals surface area (Å²) in [6, 6.07) is 0. The van der Waals surface area contributed by atoms with Crippen molar-refractivity contribution in [2.24, 2.45) is 52.3 Å². The van der Waals surface area contributed by atoms with Gasteiger partial charge in [-0.15, -0.1) is 0 Å². The number of aliphatic hydroxyl groups excluding tert-OH is 1. The molecule has 2 N–H and O–H groups in total. The normalized spacial score (nSPS) is 38.6. The van der Waals surface area contributed by atoms with Crippen LogP contribution >= 0.6 is 0 Å². The minimum absolute atomic E-state index is 0.0312. The molecule has 4 heteroatoms. The lowest BCUT2D eigenvalue weighted by atomic mass is 9.46. The number of rotatable bonds is 11. The molecule has 0 aromatic carbocycles. The highest BCUT2D eigenvalue weighted by molar-refractivity contribution is 5.79. The number of ether oxygens (including phenoxy) is 1. The van der Waals surface area contributed by atoms with Gasteiger partial charge in [0.2, 0.25) is 5.91 Å². The third-order valence-electron chi connectivity index (χ3n) is 11.5. The van der Waals surface area contributed by atoms with Gasteiger partial charge in [-0.3, -0.25) is 4.79 Å². The van der Waals surface area contributed by atoms with Crippen molar-refractivity contribution in [2.75, 3.05) is 26.4 Å². The van der Waals surface area contributed by atoms with Crippen LogP contribution < -0.4 is 5.32 Å². The van der Waals surface area contributed by atoms with E-state index in [4.69, 9.17) is 9.84 Å². The quantitative estimate of drug-likeness (QED) is 0.243. The second-order valence-electron chi connectivity index (χ2n) is 13.9. The Kier molecular flexibility index (Phi) is 9.30. The molecule has 206 valence electrons. The molecule has 4 aliphatic rings. The Morgan fingerprint density at radius 3 is 2.64 bits per heavy atom. The molecular weight excluding hydrogens is 446 g/mol. The van der Waals surface area contributed by atoms with E-state index in [0.717, 1.165) is 54.8 Å². The van der Waals surface area contributed by atoms with Gasteiger partial charge in [-0.05, 0) is 97.7 Å². The molecule has 4 nitrogen and oxygen atoms in total. The van der Waals surface area contributed by atoms with Crippen LogP contribution in [0.25, 0.3) is 0 Å². The molecule has 0 saturated heterocycles. The molecule has 3 fully saturated rings. The second-order valence-corrected chi connectivity index (χ2v) is 13.9. The molecule has 3 saturated carbocycles. The average molecular weight is 502 g/mol. The molecule has 8 atom stereocenters. The van der Waals surface area contributed by atoms with E-state index in [1.165, 1.54) is 51.4 Å². The third kappa shape index (κ3) is 5.60. The summed E-state index contributed by atoms with van der Waals surface area (Å²) >= 11 is 0. The molecule has 0 radical (unpaired) electrons. The lowest BCUT2D eigenvalue weighted by molar-refractivity contribution is -0.127. The minimum atomic E-state index is 0.0312. The first-order valence-corrected chi connectivity index (χ1v) is 15.4. The third-order valence-corrected chi connectivity index (χ3v) is 11.5. The van der Waals surface area contributed by atoms with Crippen LogP contribution in [0.4, 0.5) is 0 Å². The number of amides is 1. The van der Waals surface area contributed by atoms with Crippen LogP contribution in [0, 0.1) is 52.3 Å². The molecule has 1 unspecified atom stereocenters. The van der Waals surface area contributed by atoms with E-state index < -0.39 is 0 Å². The van der Waals surface area contributed by atoms with E-state index in [1.807, 2.05) is 0 Å². The Balaban J connectivity index is 1.37. The van der Waals surface area contributed by atoms with Gasteiger partial charge in [-0.1, -0.05) is 65.5 Å². The number of hydrogen-bond donors (Lipinski definition) is 2. The lowest BCUT2D eigenvalue weighted by Crippen LogP contribution is -2.51. The highest BCUT2D eigenvalue weighted by atomic mass is 16.5. The van der Waals surface area contributed by atoms with Gasteiger partial charge in [0.15, 0.2) is 0 Å². The van der Waals surface area contributed by atoms with Crippen molar-refractivity contribution in [2.45, 2.75) is 105 Å². The predicted octanol–water partition coefficient (Wildman–Crippen LogP) is 6.77. The van der Waals surface area contributed by atoms with Crippen LogP contribution in [0.1, 0.15) is 105 Å². The van der Waals surface area contributed by atoms with E-state index in [0.29, 0.717) is 30.6 Å². The summed E-state index contributed by atoms with van der Waals surface area (Å²) in [5.41, 5.74) is 2.42. The van der Waals surface area contributed by atoms with Crippen molar-refractivity contribution in [1.29, 1.82) is 0 Å². The summed E-state index contributed by atoms with van der Waals surface area (Å²) in [6.07, 6.45) is 16.8. The number of carbonyl (C=O) groups excluding carboxylic acids is 1. The van der Waals surface area contributed by atoms with Crippen LogP contribution in [0.3, 0.4) is 0 Å². The zero-order chi connectivity index (χ0) is 25.9. The van der Waals surface area contributed by atoms with Gasteiger partial charge in [0.1, 0.15) is 0 Å². The number of carbonyl (C=O) groups is 1. The lowest BCUT2D eigenvalue weighted by Gasteiger charge is -2.58. The number of aliphatic hydroxyl groups is 1. The van der Waals surface area contributed by atoms with Crippen LogP contribution in [0.15, 0.2) is 11.6 Å². The predicted molar refractivity (Wildman–Crippen MR) is 147 cm³/mol. The Morgan fingerprint density at radius 2 is 1.89 bits per heavy atom. The molecule has 0 aromatic rings. The molecule has 0 aromatic heterocycles. The minimum Gasteiger partial charge on any atom is -0.394 e. The number of hydrogen-bond acceptors (Lipinski definition) is 3. The topological polar surface area (TPSA) is 58.6 Å². The molecule has 0 bridgehead atoms. The zero-order valence-electron chi connectivity index (χ0n) is 24.0. The highest BCUT2D eigenvalue weighted by Gasteiger charge is 2.59. The van der Waals surface area contributed by atoms with Crippen molar-refractivity contribution in [1.82, 2.24) is 5.32 Å². The van der Waals surface area contributed by atoms with Gasteiger partial charge >= 0.3 is 0 Å². The van der Waals surface area contributed by atoms with Crippen molar-refractivity contribution < 1.29 is 14.6 Å². The summed E-state index contributed by atoms with van der Waals surface area (Å²) in [5, 5.41) is 11.9. The first-order valence-electron chi connectivity index (χ1n) is 15.4. The van der Waals surface area contributed by atoms with Gasteiger partial charge in [-0.25, -0.2) is 0 Å². The second kappa shape index (κ2) is 11.9. The van der Waals surface area contributed by atoms with E-state index in [9.17, 15) is 4.79 Å². The molecule has 0 aliphatic heterocycles. The molecule has 36 heavy (non-hydrogen) atoms. The van der Waals surface area contributed by atoms with Crippen LogP contribution in [-0.2, 0) is 9.53 Å². The Bertz CT molecular complexity index is 777. The van der Waals surface area contributed by atoms with Crippen molar-refractivity contribution in [3.63, 3.8) is 0 Å². The van der Waals surface area contributed by atoms with Crippen LogP contribution in [-0.4, -0.2) is 37.4 Å². The zero-order valence-corrected chi connectivity index (χ0v) is 24.0. The fourth-order valence-corrected chi connectivity index (χ4v) is 9.47. The molecule has 1 amide bonds. The van der Waals surface area contributed by atoms with E-state index in [-0.39, 0.29) is 18.4 Å². The number of allylic oxidation sites excluding steroid dienone is 2. The van der Waals surface area contributed by atoms with Gasteiger partial charge in [-0.2, -0.15) is 0 Å². The SMILES string of the molecule is CC(C)CCC[C@@H](C)[C@H]1CC[C@H]2[C@@H]3CC=C4CC(C(=O)NCCOCCO)CC[C@]4(C)[C@H]3CC[C@]12C. The summed E-state index contributed by atoms with van der Waals surface area (Å²) in [7, 11) is 0. The number of nitrogens with one attached hydrogen (secondary N) is 1. The maximum atomic E-state index is 12.9. The van der Waals surface area contributed by atoms with E-state index >= 15 is 0 Å². The summed E-state index contributed by atoms with van der Waals surface area (Å²) < 4.78 is 5.30. The van der Waals surface area contributed by atoms with Crippen LogP contribution in [0.5, 0.6) is 0 Å². The molecule has 4 aliphatic carbocycles. The fourth-order valence-electron chi connectivity index (χ4n) is 9.47. The Labute approximate surface area is 221 Å². The number of fused-ring (bicyclic) bond motifs is 5. The molecule has 0 spiro atoms. The monoisotopic (exact) mass is 501 g/mol. The summed E-state index contributed by atoms with van der Waals surface area (Å²) in [5.74, 6) is 5.45. The standard InChI is InChI=1S/C32H55NO3/c1-22(2)7-6-8-23(3)27-11-12-28-26-10-9-25-21-24(30(35)33-17-19-36-20-18-34)13-15-31(25,4)29(26)14-16-32(27,28)5/h9,22-24,26-29,34H,6-8,10-21H2,1-5H3,(H,33,35)/t23-,24?,26+,27-,28+,29+,31+,32-/m1/s1. The van der Waals surface area contributed by atoms with Gasteiger partial charge in [0.05, 0.1) is 19.8 Å². The van der Waals surface area contributed by atoms with E-state index in [1.54, 1.807) is 5.57 Å². The van der Waals surface area contributed by atoms with E-state index in [2.05, 4.69) is 46.0 Å². The molecule has 4 rings (SSSR count). The first-order chi connectivity index (χ1) is 17.2. The molecule has 0 heterocycles. The smallest absolute Gasteiger partial charge is 0.223 e.